The van der Waals surface area contributed by atoms with Crippen LogP contribution in [0.25, 0.3) is 0 Å². The van der Waals surface area contributed by atoms with Crippen LogP contribution in [0, 0.1) is 6.92 Å². The van der Waals surface area contributed by atoms with Gasteiger partial charge in [-0.05, 0) is 39.3 Å². The van der Waals surface area contributed by atoms with Crippen molar-refractivity contribution in [1.29, 1.82) is 0 Å². The van der Waals surface area contributed by atoms with Gasteiger partial charge >= 0.3 is 12.1 Å². The summed E-state index contributed by atoms with van der Waals surface area (Å²) < 4.78 is 37.6. The van der Waals surface area contributed by atoms with Gasteiger partial charge in [-0.25, -0.2) is 4.79 Å². The molecule has 1 spiro atoms. The zero-order chi connectivity index (χ0) is 22.2. The van der Waals surface area contributed by atoms with Gasteiger partial charge in [0.05, 0.1) is 5.56 Å². The molecule has 3 heterocycles. The molecule has 1 aromatic rings. The predicted octanol–water partition coefficient (Wildman–Crippen LogP) is 3.83. The second kappa shape index (κ2) is 8.01. The molecule has 1 unspecified atom stereocenters. The van der Waals surface area contributed by atoms with E-state index < -0.39 is 12.1 Å². The van der Waals surface area contributed by atoms with Crippen LogP contribution in [0.1, 0.15) is 61.9 Å². The Hall–Kier alpha value is -2.03. The van der Waals surface area contributed by atoms with Crippen LogP contribution in [-0.4, -0.2) is 65.2 Å². The first-order chi connectivity index (χ1) is 13.2. The minimum absolute atomic E-state index is 0.0688. The monoisotopic (exact) mass is 418 g/mol. The number of carboxylic acid groups (broad SMARTS) is 1. The number of alkyl halides is 3. The molecule has 0 radical (unpaired) electrons. The van der Waals surface area contributed by atoms with Crippen molar-refractivity contribution in [3.8, 4) is 0 Å². The van der Waals surface area contributed by atoms with E-state index in [4.69, 9.17) is 14.3 Å². The second-order valence-electron chi connectivity index (χ2n) is 8.86. The largest absolute Gasteiger partial charge is 0.490 e. The first-order valence-corrected chi connectivity index (χ1v) is 9.59. The predicted molar refractivity (Wildman–Crippen MR) is 101 cm³/mol. The molecule has 0 saturated carbocycles. The first-order valence-electron chi connectivity index (χ1n) is 9.59. The number of rotatable bonds is 1. The summed E-state index contributed by atoms with van der Waals surface area (Å²) in [6.07, 6.45) is -1.56. The molecular formula is C20H29F3N2O4. The van der Waals surface area contributed by atoms with Gasteiger partial charge in [0, 0.05) is 30.6 Å². The SMILES string of the molecule is Cc1oc(C(C)(C)C)cc1C(=O)N1CCCC2(CCN2C)C1.O=C(O)C(F)(F)F. The normalized spacial score (nSPS) is 22.7. The van der Waals surface area contributed by atoms with Gasteiger partial charge in [-0.2, -0.15) is 13.2 Å². The van der Waals surface area contributed by atoms with Gasteiger partial charge in [-0.3, -0.25) is 9.69 Å². The summed E-state index contributed by atoms with van der Waals surface area (Å²) in [5.41, 5.74) is 0.905. The van der Waals surface area contributed by atoms with Crippen LogP contribution >= 0.6 is 0 Å². The van der Waals surface area contributed by atoms with Crippen LogP contribution in [-0.2, 0) is 10.2 Å². The lowest BCUT2D eigenvalue weighted by Gasteiger charge is -2.55. The number of piperidine rings is 1. The number of carbonyl (C=O) groups is 2. The van der Waals surface area contributed by atoms with Crippen LogP contribution in [0.4, 0.5) is 13.2 Å². The van der Waals surface area contributed by atoms with Crippen LogP contribution in [0.5, 0.6) is 0 Å². The molecule has 0 aromatic carbocycles. The lowest BCUT2D eigenvalue weighted by atomic mass is 9.78. The minimum atomic E-state index is -5.08. The molecule has 29 heavy (non-hydrogen) atoms. The maximum Gasteiger partial charge on any atom is 0.490 e. The van der Waals surface area contributed by atoms with E-state index in [1.54, 1.807) is 0 Å². The number of halogens is 3. The Bertz CT molecular complexity index is 767. The van der Waals surface area contributed by atoms with Gasteiger partial charge < -0.3 is 14.4 Å². The molecule has 2 aliphatic heterocycles. The summed E-state index contributed by atoms with van der Waals surface area (Å²) in [5, 5.41) is 7.12. The molecule has 1 aromatic heterocycles. The fraction of sp³-hybridized carbons (Fsp3) is 0.700. The number of hydrogen-bond donors (Lipinski definition) is 1. The third-order valence-electron chi connectivity index (χ3n) is 5.69. The molecule has 9 heteroatoms. The Morgan fingerprint density at radius 1 is 1.17 bits per heavy atom. The molecule has 3 rings (SSSR count). The topological polar surface area (TPSA) is 74.0 Å². The molecule has 6 nitrogen and oxygen atoms in total. The van der Waals surface area contributed by atoms with Crippen molar-refractivity contribution >= 4 is 11.9 Å². The average Bonchev–Trinajstić information content (AvgIpc) is 3.01. The number of likely N-dealkylation sites (N-methyl/N-ethyl adjacent to an activating group) is 1. The Kier molecular flexibility index (Phi) is 6.42. The Balaban J connectivity index is 0.000000370. The highest BCUT2D eigenvalue weighted by Crippen LogP contribution is 2.38. The van der Waals surface area contributed by atoms with Crippen LogP contribution in [0.3, 0.4) is 0 Å². The molecule has 1 atom stereocenters. The number of furan rings is 1. The number of aryl methyl sites for hydroxylation is 1. The number of hydrogen-bond acceptors (Lipinski definition) is 4. The van der Waals surface area contributed by atoms with E-state index in [1.165, 1.54) is 12.8 Å². The van der Waals surface area contributed by atoms with Gasteiger partial charge in [0.1, 0.15) is 11.5 Å². The number of carbonyl (C=O) groups excluding carboxylic acids is 1. The van der Waals surface area contributed by atoms with Crippen molar-refractivity contribution in [2.24, 2.45) is 0 Å². The maximum atomic E-state index is 12.9. The van der Waals surface area contributed by atoms with Gasteiger partial charge in [0.25, 0.3) is 5.91 Å². The maximum absolute atomic E-state index is 12.9. The van der Waals surface area contributed by atoms with E-state index in [1.807, 2.05) is 17.9 Å². The van der Waals surface area contributed by atoms with Crippen LogP contribution < -0.4 is 0 Å². The molecule has 2 saturated heterocycles. The summed E-state index contributed by atoms with van der Waals surface area (Å²) in [7, 11) is 2.18. The molecule has 1 amide bonds. The standard InChI is InChI=1S/C18H28N2O2.C2HF3O2/c1-13-14(11-15(22-13)17(2,3)4)16(21)20-9-6-7-18(12-20)8-10-19(18)5;3-2(4,5)1(6)7/h11H,6-10,12H2,1-5H3;(H,6,7). The summed E-state index contributed by atoms with van der Waals surface area (Å²) in [4.78, 5) is 26.3. The zero-order valence-corrected chi connectivity index (χ0v) is 17.5. The number of amides is 1. The van der Waals surface area contributed by atoms with Crippen molar-refractivity contribution in [3.05, 3.63) is 23.2 Å². The lowest BCUT2D eigenvalue weighted by Crippen LogP contribution is -2.66. The summed E-state index contributed by atoms with van der Waals surface area (Å²) in [6, 6.07) is 1.95. The lowest BCUT2D eigenvalue weighted by molar-refractivity contribution is -0.192. The van der Waals surface area contributed by atoms with E-state index in [2.05, 4.69) is 32.7 Å². The molecule has 2 aliphatic rings. The smallest absolute Gasteiger partial charge is 0.475 e. The molecule has 2 fully saturated rings. The Labute approximate surface area is 168 Å². The number of aliphatic carboxylic acids is 1. The van der Waals surface area contributed by atoms with Crippen molar-refractivity contribution in [3.63, 3.8) is 0 Å². The van der Waals surface area contributed by atoms with Crippen molar-refractivity contribution in [2.75, 3.05) is 26.7 Å². The number of likely N-dealkylation sites (tertiary alicyclic amines) is 2. The van der Waals surface area contributed by atoms with E-state index in [0.717, 1.165) is 43.1 Å². The fourth-order valence-electron chi connectivity index (χ4n) is 3.69. The summed E-state index contributed by atoms with van der Waals surface area (Å²) in [6.45, 7) is 11.1. The third-order valence-corrected chi connectivity index (χ3v) is 5.69. The van der Waals surface area contributed by atoms with Crippen molar-refractivity contribution < 1.29 is 32.3 Å². The number of carboxylic acids is 1. The quantitative estimate of drug-likeness (QED) is 0.750. The van der Waals surface area contributed by atoms with Gasteiger partial charge in [-0.1, -0.05) is 20.8 Å². The highest BCUT2D eigenvalue weighted by molar-refractivity contribution is 5.95. The zero-order valence-electron chi connectivity index (χ0n) is 17.5. The molecule has 0 bridgehead atoms. The van der Waals surface area contributed by atoms with Gasteiger partial charge in [0.2, 0.25) is 0 Å². The highest BCUT2D eigenvalue weighted by atomic mass is 19.4. The van der Waals surface area contributed by atoms with E-state index in [9.17, 15) is 18.0 Å². The number of nitrogens with zero attached hydrogens (tertiary/aromatic N) is 2. The molecular weight excluding hydrogens is 389 g/mol. The van der Waals surface area contributed by atoms with E-state index in [0.29, 0.717) is 0 Å². The van der Waals surface area contributed by atoms with Crippen LogP contribution in [0.15, 0.2) is 10.5 Å². The first kappa shape index (κ1) is 23.3. The van der Waals surface area contributed by atoms with Gasteiger partial charge in [0.15, 0.2) is 0 Å². The van der Waals surface area contributed by atoms with Gasteiger partial charge in [-0.15, -0.1) is 0 Å². The minimum Gasteiger partial charge on any atom is -0.475 e. The highest BCUT2D eigenvalue weighted by Gasteiger charge is 2.46. The fourth-order valence-corrected chi connectivity index (χ4v) is 3.69. The Morgan fingerprint density at radius 3 is 2.14 bits per heavy atom. The van der Waals surface area contributed by atoms with Crippen LogP contribution in [0.2, 0.25) is 0 Å². The summed E-state index contributed by atoms with van der Waals surface area (Å²) in [5.74, 6) is -0.985. The summed E-state index contributed by atoms with van der Waals surface area (Å²) >= 11 is 0. The molecule has 1 N–H and O–H groups in total. The molecule has 0 aliphatic carbocycles. The van der Waals surface area contributed by atoms with Crippen molar-refractivity contribution in [2.45, 2.75) is 64.1 Å². The Morgan fingerprint density at radius 2 is 1.76 bits per heavy atom. The second-order valence-corrected chi connectivity index (χ2v) is 8.86. The van der Waals surface area contributed by atoms with Crippen molar-refractivity contribution in [1.82, 2.24) is 9.80 Å². The third kappa shape index (κ3) is 5.12. The van der Waals surface area contributed by atoms with E-state index in [-0.39, 0.29) is 16.9 Å². The molecule has 164 valence electrons. The van der Waals surface area contributed by atoms with E-state index >= 15 is 0 Å². The average molecular weight is 418 g/mol.